The SMILES string of the molecule is CC1SCc2ncnc(N3CCN(C(=O)C(CN(C(=O)OC(C)(C)C)C(C)C)c4ccc(Cl)cc4)CC3)c21. The molecule has 0 spiro atoms. The molecule has 2 amide bonds. The van der Waals surface area contributed by atoms with Crippen molar-refractivity contribution in [1.82, 2.24) is 19.8 Å². The normalized spacial score (nSPS) is 18.4. The minimum atomic E-state index is -0.627. The second kappa shape index (κ2) is 11.7. The molecule has 0 bridgehead atoms. The molecule has 1 fully saturated rings. The van der Waals surface area contributed by atoms with Crippen molar-refractivity contribution in [2.24, 2.45) is 0 Å². The zero-order valence-electron chi connectivity index (χ0n) is 23.1. The van der Waals surface area contributed by atoms with Gasteiger partial charge in [-0.1, -0.05) is 23.7 Å². The zero-order chi connectivity index (χ0) is 27.6. The van der Waals surface area contributed by atoms with Crippen molar-refractivity contribution >= 4 is 41.2 Å². The van der Waals surface area contributed by atoms with Crippen molar-refractivity contribution in [2.45, 2.75) is 70.1 Å². The molecule has 3 heterocycles. The van der Waals surface area contributed by atoms with E-state index in [9.17, 15) is 9.59 Å². The molecule has 10 heteroatoms. The maximum atomic E-state index is 14.0. The van der Waals surface area contributed by atoms with Crippen LogP contribution in [0.3, 0.4) is 0 Å². The topological polar surface area (TPSA) is 78.9 Å². The maximum absolute atomic E-state index is 14.0. The standard InChI is InChI=1S/C28H38ClN5O3S/c1-18(2)34(27(36)37-28(4,5)6)15-22(20-7-9-21(29)10-8-20)26(35)33-13-11-32(12-14-33)25-24-19(3)38-16-23(24)30-17-31-25/h7-10,17-19,22H,11-16H2,1-6H3. The number of hydrogen-bond acceptors (Lipinski definition) is 7. The summed E-state index contributed by atoms with van der Waals surface area (Å²) in [5, 5.41) is 0.969. The van der Waals surface area contributed by atoms with Crippen LogP contribution in [0.5, 0.6) is 0 Å². The summed E-state index contributed by atoms with van der Waals surface area (Å²) in [6, 6.07) is 7.19. The summed E-state index contributed by atoms with van der Waals surface area (Å²) < 4.78 is 5.67. The minimum absolute atomic E-state index is 0.00183. The van der Waals surface area contributed by atoms with E-state index in [0.717, 1.165) is 22.8 Å². The number of rotatable bonds is 6. The monoisotopic (exact) mass is 559 g/mol. The molecule has 2 atom stereocenters. The third-order valence-electron chi connectivity index (χ3n) is 6.91. The highest BCUT2D eigenvalue weighted by atomic mass is 35.5. The summed E-state index contributed by atoms with van der Waals surface area (Å²) >= 11 is 8.03. The molecule has 0 aliphatic carbocycles. The Morgan fingerprint density at radius 3 is 2.39 bits per heavy atom. The first kappa shape index (κ1) is 28.5. The molecule has 8 nitrogen and oxygen atoms in total. The molecule has 38 heavy (non-hydrogen) atoms. The molecule has 1 aromatic carbocycles. The van der Waals surface area contributed by atoms with Crippen LogP contribution in [0.15, 0.2) is 30.6 Å². The predicted octanol–water partition coefficient (Wildman–Crippen LogP) is 5.52. The van der Waals surface area contributed by atoms with Gasteiger partial charge in [0, 0.05) is 60.4 Å². The summed E-state index contributed by atoms with van der Waals surface area (Å²) in [4.78, 5) is 42.0. The molecule has 2 aliphatic heterocycles. The fourth-order valence-electron chi connectivity index (χ4n) is 4.89. The lowest BCUT2D eigenvalue weighted by atomic mass is 9.96. The van der Waals surface area contributed by atoms with Gasteiger partial charge in [0.1, 0.15) is 17.7 Å². The molecule has 0 radical (unpaired) electrons. The van der Waals surface area contributed by atoms with Gasteiger partial charge in [0.15, 0.2) is 0 Å². The van der Waals surface area contributed by atoms with E-state index >= 15 is 0 Å². The first-order valence-electron chi connectivity index (χ1n) is 13.2. The molecular formula is C28H38ClN5O3S. The van der Waals surface area contributed by atoms with Gasteiger partial charge >= 0.3 is 6.09 Å². The number of benzene rings is 1. The molecule has 0 N–H and O–H groups in total. The van der Waals surface area contributed by atoms with Crippen LogP contribution in [0.25, 0.3) is 0 Å². The van der Waals surface area contributed by atoms with Gasteiger partial charge in [-0.05, 0) is 59.2 Å². The minimum Gasteiger partial charge on any atom is -0.444 e. The Hall–Kier alpha value is -2.52. The van der Waals surface area contributed by atoms with E-state index in [2.05, 4.69) is 21.8 Å². The van der Waals surface area contributed by atoms with Crippen LogP contribution < -0.4 is 4.90 Å². The Morgan fingerprint density at radius 2 is 1.79 bits per heavy atom. The Balaban J connectivity index is 1.52. The largest absolute Gasteiger partial charge is 0.444 e. The van der Waals surface area contributed by atoms with Gasteiger partial charge < -0.3 is 19.4 Å². The summed E-state index contributed by atoms with van der Waals surface area (Å²) in [5.41, 5.74) is 2.54. The molecular weight excluding hydrogens is 522 g/mol. The highest BCUT2D eigenvalue weighted by molar-refractivity contribution is 7.99. The Kier molecular flexibility index (Phi) is 8.77. The quantitative estimate of drug-likeness (QED) is 0.461. The van der Waals surface area contributed by atoms with E-state index in [4.69, 9.17) is 16.3 Å². The number of aromatic nitrogens is 2. The van der Waals surface area contributed by atoms with Gasteiger partial charge in [-0.25, -0.2) is 14.8 Å². The van der Waals surface area contributed by atoms with Crippen molar-refractivity contribution in [2.75, 3.05) is 37.6 Å². The van der Waals surface area contributed by atoms with Crippen LogP contribution in [-0.2, 0) is 15.3 Å². The number of halogens is 1. The Labute approximate surface area is 235 Å². The van der Waals surface area contributed by atoms with Crippen LogP contribution in [-0.4, -0.2) is 76.1 Å². The fraction of sp³-hybridized carbons (Fsp3) is 0.571. The number of fused-ring (bicyclic) bond motifs is 1. The third kappa shape index (κ3) is 6.54. The van der Waals surface area contributed by atoms with Crippen molar-refractivity contribution in [3.05, 3.63) is 52.4 Å². The van der Waals surface area contributed by atoms with E-state index in [0.29, 0.717) is 36.5 Å². The van der Waals surface area contributed by atoms with Crippen molar-refractivity contribution < 1.29 is 14.3 Å². The summed E-state index contributed by atoms with van der Waals surface area (Å²) in [5.74, 6) is 1.37. The number of anilines is 1. The molecule has 206 valence electrons. The smallest absolute Gasteiger partial charge is 0.410 e. The number of amides is 2. The van der Waals surface area contributed by atoms with Gasteiger partial charge in [0.25, 0.3) is 0 Å². The van der Waals surface area contributed by atoms with E-state index in [1.807, 2.05) is 63.4 Å². The number of carbonyl (C=O) groups excluding carboxylic acids is 2. The lowest BCUT2D eigenvalue weighted by Gasteiger charge is -2.39. The lowest BCUT2D eigenvalue weighted by Crippen LogP contribution is -2.52. The van der Waals surface area contributed by atoms with Crippen molar-refractivity contribution in [3.63, 3.8) is 0 Å². The predicted molar refractivity (Wildman–Crippen MR) is 153 cm³/mol. The summed E-state index contributed by atoms with van der Waals surface area (Å²) in [6.45, 7) is 14.4. The van der Waals surface area contributed by atoms with E-state index in [-0.39, 0.29) is 18.5 Å². The molecule has 2 unspecified atom stereocenters. The molecule has 2 aromatic rings. The Bertz CT molecular complexity index is 1150. The van der Waals surface area contributed by atoms with Crippen LogP contribution in [0.2, 0.25) is 5.02 Å². The lowest BCUT2D eigenvalue weighted by molar-refractivity contribution is -0.133. The zero-order valence-corrected chi connectivity index (χ0v) is 24.7. The summed E-state index contributed by atoms with van der Waals surface area (Å²) in [7, 11) is 0. The number of nitrogens with zero attached hydrogens (tertiary/aromatic N) is 5. The molecule has 0 saturated carbocycles. The van der Waals surface area contributed by atoms with Crippen molar-refractivity contribution in [1.29, 1.82) is 0 Å². The van der Waals surface area contributed by atoms with Gasteiger partial charge in [0.05, 0.1) is 11.6 Å². The molecule has 2 aliphatic rings. The Morgan fingerprint density at radius 1 is 1.13 bits per heavy atom. The van der Waals surface area contributed by atoms with Gasteiger partial charge in [0.2, 0.25) is 5.91 Å². The molecule has 1 saturated heterocycles. The van der Waals surface area contributed by atoms with Crippen LogP contribution in [0.1, 0.15) is 69.5 Å². The second-order valence-electron chi connectivity index (χ2n) is 11.2. The maximum Gasteiger partial charge on any atom is 0.410 e. The number of piperazine rings is 1. The second-order valence-corrected chi connectivity index (χ2v) is 12.9. The molecule has 4 rings (SSSR count). The number of hydrogen-bond donors (Lipinski definition) is 0. The fourth-order valence-corrected chi connectivity index (χ4v) is 6.06. The van der Waals surface area contributed by atoms with E-state index in [1.165, 1.54) is 5.56 Å². The highest BCUT2D eigenvalue weighted by Gasteiger charge is 2.35. The van der Waals surface area contributed by atoms with Crippen LogP contribution in [0, 0.1) is 0 Å². The van der Waals surface area contributed by atoms with Gasteiger partial charge in [-0.2, -0.15) is 0 Å². The highest BCUT2D eigenvalue weighted by Crippen LogP contribution is 2.44. The number of thioether (sulfide) groups is 1. The first-order chi connectivity index (χ1) is 17.9. The number of ether oxygens (including phenoxy) is 1. The van der Waals surface area contributed by atoms with Crippen LogP contribution in [0.4, 0.5) is 10.6 Å². The van der Waals surface area contributed by atoms with Gasteiger partial charge in [-0.3, -0.25) is 4.79 Å². The van der Waals surface area contributed by atoms with E-state index < -0.39 is 17.6 Å². The van der Waals surface area contributed by atoms with E-state index in [1.54, 1.807) is 23.4 Å². The molecule has 1 aromatic heterocycles. The first-order valence-corrected chi connectivity index (χ1v) is 14.6. The summed E-state index contributed by atoms with van der Waals surface area (Å²) in [6.07, 6.45) is 1.23. The number of carbonyl (C=O) groups is 2. The van der Waals surface area contributed by atoms with Crippen molar-refractivity contribution in [3.8, 4) is 0 Å². The van der Waals surface area contributed by atoms with Gasteiger partial charge in [-0.15, -0.1) is 11.8 Å². The average molecular weight is 560 g/mol. The average Bonchev–Trinajstić information content (AvgIpc) is 3.25. The van der Waals surface area contributed by atoms with Crippen LogP contribution >= 0.6 is 23.4 Å². The third-order valence-corrected chi connectivity index (χ3v) is 8.34.